The van der Waals surface area contributed by atoms with Crippen LogP contribution in [0.4, 0.5) is 18.7 Å². The molecule has 4 amide bonds. The Morgan fingerprint density at radius 1 is 1.10 bits per heavy atom. The Hall–Kier alpha value is -3.08. The third-order valence-corrected chi connectivity index (χ3v) is 5.45. The fourth-order valence-corrected chi connectivity index (χ4v) is 3.66. The molecule has 11 heteroatoms. The quantitative estimate of drug-likeness (QED) is 0.748. The summed E-state index contributed by atoms with van der Waals surface area (Å²) in [5.74, 6) is -1.91. The van der Waals surface area contributed by atoms with Crippen LogP contribution in [-0.4, -0.2) is 58.8 Å². The minimum atomic E-state index is -0.724. The van der Waals surface area contributed by atoms with Crippen molar-refractivity contribution in [3.05, 3.63) is 46.5 Å². The van der Waals surface area contributed by atoms with Crippen molar-refractivity contribution in [2.45, 2.75) is 19.9 Å². The van der Waals surface area contributed by atoms with Gasteiger partial charge in [0.2, 0.25) is 11.8 Å². The highest BCUT2D eigenvalue weighted by Crippen LogP contribution is 2.17. The number of thiazole rings is 1. The molecule has 0 unspecified atom stereocenters. The summed E-state index contributed by atoms with van der Waals surface area (Å²) in [6.45, 7) is 3.05. The maximum atomic E-state index is 13.6. The number of aromatic nitrogens is 1. The van der Waals surface area contributed by atoms with E-state index in [9.17, 15) is 23.2 Å². The molecule has 0 atom stereocenters. The Bertz CT molecular complexity index is 924. The lowest BCUT2D eigenvalue weighted by molar-refractivity contribution is -0.130. The minimum Gasteiger partial charge on any atom is -0.351 e. The molecular formula is C19H21F2N5O3S. The van der Waals surface area contributed by atoms with Gasteiger partial charge < -0.3 is 15.1 Å². The monoisotopic (exact) mass is 437 g/mol. The van der Waals surface area contributed by atoms with E-state index < -0.39 is 17.5 Å². The van der Waals surface area contributed by atoms with Crippen molar-refractivity contribution in [2.75, 3.05) is 31.5 Å². The number of hydrogen-bond donors (Lipinski definition) is 2. The molecule has 0 bridgehead atoms. The molecular weight excluding hydrogens is 416 g/mol. The van der Waals surface area contributed by atoms with Crippen LogP contribution < -0.4 is 10.6 Å². The Kier molecular flexibility index (Phi) is 6.93. The second-order valence-corrected chi connectivity index (χ2v) is 7.58. The van der Waals surface area contributed by atoms with Gasteiger partial charge in [-0.3, -0.25) is 14.9 Å². The molecule has 30 heavy (non-hydrogen) atoms. The van der Waals surface area contributed by atoms with Crippen molar-refractivity contribution in [1.82, 2.24) is 20.1 Å². The number of hydrogen-bond acceptors (Lipinski definition) is 5. The molecule has 1 aromatic heterocycles. The number of amides is 4. The maximum Gasteiger partial charge on any atom is 0.323 e. The molecule has 2 heterocycles. The second-order valence-electron chi connectivity index (χ2n) is 6.72. The van der Waals surface area contributed by atoms with E-state index in [0.717, 1.165) is 12.1 Å². The predicted molar refractivity (Wildman–Crippen MR) is 107 cm³/mol. The Morgan fingerprint density at radius 3 is 2.37 bits per heavy atom. The van der Waals surface area contributed by atoms with E-state index in [1.807, 2.05) is 0 Å². The van der Waals surface area contributed by atoms with Crippen LogP contribution in [0.1, 0.15) is 18.2 Å². The number of rotatable bonds is 5. The van der Waals surface area contributed by atoms with Gasteiger partial charge in [0.25, 0.3) is 0 Å². The van der Waals surface area contributed by atoms with E-state index in [2.05, 4.69) is 15.6 Å². The van der Waals surface area contributed by atoms with E-state index in [0.29, 0.717) is 37.0 Å². The standard InChI is InChI=1S/C19H21F2N5O3S/c1-12(27)25-5-7-26(8-6-25)19(29)24-18-23-13(11-30-18)9-17(28)22-10-14-15(20)3-2-4-16(14)21/h2-4,11H,5-10H2,1H3,(H,22,28)(H,23,24,29). The van der Waals surface area contributed by atoms with E-state index in [-0.39, 0.29) is 30.5 Å². The molecule has 1 fully saturated rings. The van der Waals surface area contributed by atoms with Crippen molar-refractivity contribution < 1.29 is 23.2 Å². The smallest absolute Gasteiger partial charge is 0.323 e. The molecule has 3 rings (SSSR count). The summed E-state index contributed by atoms with van der Waals surface area (Å²) in [6.07, 6.45) is -0.0836. The number of urea groups is 1. The van der Waals surface area contributed by atoms with Gasteiger partial charge in [0.1, 0.15) is 11.6 Å². The molecule has 8 nitrogen and oxygen atoms in total. The van der Waals surface area contributed by atoms with Crippen molar-refractivity contribution in [1.29, 1.82) is 0 Å². The third-order valence-electron chi connectivity index (χ3n) is 4.64. The normalized spacial score (nSPS) is 13.8. The number of carbonyl (C=O) groups is 3. The Balaban J connectivity index is 1.47. The van der Waals surface area contributed by atoms with Crippen molar-refractivity contribution in [2.24, 2.45) is 0 Å². The first-order valence-corrected chi connectivity index (χ1v) is 10.2. The summed E-state index contributed by atoms with van der Waals surface area (Å²) in [4.78, 5) is 43.2. The number of anilines is 1. The van der Waals surface area contributed by atoms with Gasteiger partial charge in [-0.15, -0.1) is 11.3 Å². The first kappa shape index (κ1) is 21.6. The van der Waals surface area contributed by atoms with Crippen LogP contribution in [0.5, 0.6) is 0 Å². The highest BCUT2D eigenvalue weighted by molar-refractivity contribution is 7.13. The molecule has 1 saturated heterocycles. The second kappa shape index (κ2) is 9.61. The number of nitrogens with zero attached hydrogens (tertiary/aromatic N) is 3. The Labute approximate surface area is 175 Å². The van der Waals surface area contributed by atoms with Gasteiger partial charge in [0, 0.05) is 50.6 Å². The number of nitrogens with one attached hydrogen (secondary N) is 2. The lowest BCUT2D eigenvalue weighted by Gasteiger charge is -2.33. The largest absolute Gasteiger partial charge is 0.351 e. The van der Waals surface area contributed by atoms with Gasteiger partial charge in [0.05, 0.1) is 12.1 Å². The summed E-state index contributed by atoms with van der Waals surface area (Å²) < 4.78 is 27.2. The molecule has 1 aliphatic rings. The third kappa shape index (κ3) is 5.50. The van der Waals surface area contributed by atoms with Gasteiger partial charge >= 0.3 is 6.03 Å². The lowest BCUT2D eigenvalue weighted by Crippen LogP contribution is -2.51. The zero-order chi connectivity index (χ0) is 21.7. The van der Waals surface area contributed by atoms with Crippen molar-refractivity contribution in [3.63, 3.8) is 0 Å². The van der Waals surface area contributed by atoms with Gasteiger partial charge in [0.15, 0.2) is 5.13 Å². The van der Waals surface area contributed by atoms with E-state index in [4.69, 9.17) is 0 Å². The average molecular weight is 437 g/mol. The SMILES string of the molecule is CC(=O)N1CCN(C(=O)Nc2nc(CC(=O)NCc3c(F)cccc3F)cs2)CC1. The zero-order valence-corrected chi connectivity index (χ0v) is 17.1. The zero-order valence-electron chi connectivity index (χ0n) is 16.3. The van der Waals surface area contributed by atoms with E-state index >= 15 is 0 Å². The lowest BCUT2D eigenvalue weighted by atomic mass is 10.2. The molecule has 160 valence electrons. The van der Waals surface area contributed by atoms with Crippen LogP contribution in [0.3, 0.4) is 0 Å². The highest BCUT2D eigenvalue weighted by Gasteiger charge is 2.23. The molecule has 1 aromatic carbocycles. The molecule has 0 spiro atoms. The molecule has 2 aromatic rings. The van der Waals surface area contributed by atoms with Gasteiger partial charge in [-0.25, -0.2) is 18.6 Å². The van der Waals surface area contributed by atoms with Crippen LogP contribution >= 0.6 is 11.3 Å². The van der Waals surface area contributed by atoms with Crippen molar-refractivity contribution in [3.8, 4) is 0 Å². The topological polar surface area (TPSA) is 94.6 Å². The summed E-state index contributed by atoms with van der Waals surface area (Å²) in [5.41, 5.74) is 0.227. The van der Waals surface area contributed by atoms with Crippen LogP contribution in [-0.2, 0) is 22.6 Å². The minimum absolute atomic E-state index is 0.0179. The fraction of sp³-hybridized carbons (Fsp3) is 0.368. The van der Waals surface area contributed by atoms with Crippen LogP contribution in [0.2, 0.25) is 0 Å². The van der Waals surface area contributed by atoms with Crippen LogP contribution in [0.15, 0.2) is 23.6 Å². The molecule has 1 aliphatic heterocycles. The van der Waals surface area contributed by atoms with E-state index in [1.165, 1.54) is 24.3 Å². The molecule has 0 saturated carbocycles. The summed E-state index contributed by atoms with van der Waals surface area (Å²) in [7, 11) is 0. The highest BCUT2D eigenvalue weighted by atomic mass is 32.1. The van der Waals surface area contributed by atoms with Crippen LogP contribution in [0.25, 0.3) is 0 Å². The number of carbonyl (C=O) groups excluding carboxylic acids is 3. The first-order chi connectivity index (χ1) is 14.3. The fourth-order valence-electron chi connectivity index (χ4n) is 2.96. The first-order valence-electron chi connectivity index (χ1n) is 9.29. The molecule has 0 radical (unpaired) electrons. The molecule has 2 N–H and O–H groups in total. The summed E-state index contributed by atoms with van der Waals surface area (Å²) in [6, 6.07) is 3.18. The van der Waals surface area contributed by atoms with Gasteiger partial charge in [-0.2, -0.15) is 0 Å². The Morgan fingerprint density at radius 2 is 1.73 bits per heavy atom. The summed E-state index contributed by atoms with van der Waals surface area (Å²) in [5, 5.41) is 7.12. The number of benzene rings is 1. The maximum absolute atomic E-state index is 13.6. The van der Waals surface area contributed by atoms with Crippen LogP contribution in [0, 0.1) is 11.6 Å². The van der Waals surface area contributed by atoms with E-state index in [1.54, 1.807) is 15.2 Å². The molecule has 0 aliphatic carbocycles. The number of halogens is 2. The van der Waals surface area contributed by atoms with Crippen molar-refractivity contribution >= 4 is 34.3 Å². The number of piperazine rings is 1. The average Bonchev–Trinajstić information content (AvgIpc) is 3.14. The van der Waals surface area contributed by atoms with Gasteiger partial charge in [-0.1, -0.05) is 6.07 Å². The van der Waals surface area contributed by atoms with Gasteiger partial charge in [-0.05, 0) is 12.1 Å². The summed E-state index contributed by atoms with van der Waals surface area (Å²) >= 11 is 1.17. The predicted octanol–water partition coefficient (Wildman–Crippen LogP) is 1.98.